The van der Waals surface area contributed by atoms with Gasteiger partial charge in [-0.15, -0.1) is 0 Å². The highest BCUT2D eigenvalue weighted by molar-refractivity contribution is 6.22. The smallest absolute Gasteiger partial charge is 0.229 e. The number of aromatic nitrogens is 2. The molecule has 1 saturated heterocycles. The van der Waals surface area contributed by atoms with E-state index in [0.29, 0.717) is 12.3 Å². The molecule has 2 aliphatic rings. The Labute approximate surface area is 116 Å². The van der Waals surface area contributed by atoms with Gasteiger partial charge in [0.05, 0.1) is 18.3 Å². The number of ether oxygens (including phenoxy) is 1. The van der Waals surface area contributed by atoms with Gasteiger partial charge in [-0.2, -0.15) is 0 Å². The van der Waals surface area contributed by atoms with Crippen molar-refractivity contribution in [2.24, 2.45) is 0 Å². The summed E-state index contributed by atoms with van der Waals surface area (Å²) in [5.74, 6) is -0.485. The van der Waals surface area contributed by atoms with E-state index in [0.717, 1.165) is 19.4 Å². The van der Waals surface area contributed by atoms with Gasteiger partial charge in [-0.05, 0) is 12.8 Å². The number of Topliss-reactive ketones (excluding diaryl/α,β-unsaturated/α-hetero) is 1. The zero-order valence-electron chi connectivity index (χ0n) is 11.2. The zero-order chi connectivity index (χ0) is 14.1. The maximum atomic E-state index is 12.5. The molecule has 6 nitrogen and oxygen atoms in total. The van der Waals surface area contributed by atoms with Crippen molar-refractivity contribution in [3.05, 3.63) is 35.6 Å². The minimum atomic E-state index is -0.259. The molecule has 1 aliphatic heterocycles. The number of carbonyl (C=O) groups is 2. The van der Waals surface area contributed by atoms with Crippen LogP contribution in [0.25, 0.3) is 0 Å². The maximum absolute atomic E-state index is 12.5. The van der Waals surface area contributed by atoms with Crippen LogP contribution in [0.2, 0.25) is 0 Å². The molecule has 0 N–H and O–H groups in total. The lowest BCUT2D eigenvalue weighted by Gasteiger charge is -2.29. The lowest BCUT2D eigenvalue weighted by molar-refractivity contribution is 0.0900. The average molecular weight is 273 g/mol. The molecule has 1 aromatic rings. The minimum absolute atomic E-state index is 0.140. The highest BCUT2D eigenvalue weighted by Crippen LogP contribution is 2.27. The van der Waals surface area contributed by atoms with Crippen LogP contribution in [0.1, 0.15) is 33.8 Å². The van der Waals surface area contributed by atoms with E-state index in [9.17, 15) is 9.59 Å². The summed E-state index contributed by atoms with van der Waals surface area (Å²) >= 11 is 0. The van der Waals surface area contributed by atoms with Crippen molar-refractivity contribution in [2.45, 2.75) is 18.9 Å². The molecular weight excluding hydrogens is 258 g/mol. The summed E-state index contributed by atoms with van der Waals surface area (Å²) in [6.07, 6.45) is 6.18. The molecule has 1 aliphatic carbocycles. The summed E-state index contributed by atoms with van der Waals surface area (Å²) < 4.78 is 5.19. The average Bonchev–Trinajstić information content (AvgIpc) is 2.91. The van der Waals surface area contributed by atoms with Gasteiger partial charge < -0.3 is 9.64 Å². The summed E-state index contributed by atoms with van der Waals surface area (Å²) in [6.45, 7) is 1.31. The van der Waals surface area contributed by atoms with E-state index < -0.39 is 0 Å². The number of likely N-dealkylation sites (tertiary alicyclic amines) is 1. The van der Waals surface area contributed by atoms with Gasteiger partial charge in [-0.1, -0.05) is 0 Å². The Hall–Kier alpha value is -2.08. The fourth-order valence-electron chi connectivity index (χ4n) is 2.80. The number of allylic oxidation sites excluding steroid dienone is 2. The molecule has 0 bridgehead atoms. The third-order valence-electron chi connectivity index (χ3n) is 3.69. The number of ketones is 2. The van der Waals surface area contributed by atoms with Crippen LogP contribution in [0.5, 0.6) is 0 Å². The standard InChI is InChI=1S/C14H15N3O3/c1-20-8-9-3-2-6-17(9)10-7-11(18)12-13(14(10)19)16-5-4-15-12/h4-5,7,9H,2-3,6,8H2,1H3/t9-/m0/s1. The summed E-state index contributed by atoms with van der Waals surface area (Å²) in [4.78, 5) is 34.5. The molecule has 104 valence electrons. The van der Waals surface area contributed by atoms with Gasteiger partial charge in [-0.25, -0.2) is 9.97 Å². The highest BCUT2D eigenvalue weighted by atomic mass is 16.5. The van der Waals surface area contributed by atoms with Gasteiger partial charge in [0.15, 0.2) is 0 Å². The van der Waals surface area contributed by atoms with E-state index in [1.807, 2.05) is 4.90 Å². The number of fused-ring (bicyclic) bond motifs is 1. The Balaban J connectivity index is 1.96. The van der Waals surface area contributed by atoms with Crippen molar-refractivity contribution < 1.29 is 14.3 Å². The molecule has 2 heterocycles. The number of nitrogens with zero attached hydrogens (tertiary/aromatic N) is 3. The normalized spacial score (nSPS) is 21.9. The Morgan fingerprint density at radius 1 is 1.30 bits per heavy atom. The van der Waals surface area contributed by atoms with E-state index in [4.69, 9.17) is 4.74 Å². The van der Waals surface area contributed by atoms with Gasteiger partial charge in [0.25, 0.3) is 0 Å². The summed E-state index contributed by atoms with van der Waals surface area (Å²) in [6, 6.07) is 0.140. The van der Waals surface area contributed by atoms with Gasteiger partial charge >= 0.3 is 0 Å². The first-order chi connectivity index (χ1) is 9.72. The fraction of sp³-hybridized carbons (Fsp3) is 0.429. The highest BCUT2D eigenvalue weighted by Gasteiger charge is 2.35. The van der Waals surface area contributed by atoms with Crippen molar-refractivity contribution >= 4 is 11.6 Å². The molecule has 1 atom stereocenters. The predicted molar refractivity (Wildman–Crippen MR) is 70.4 cm³/mol. The van der Waals surface area contributed by atoms with Crippen molar-refractivity contribution in [2.75, 3.05) is 20.3 Å². The number of methoxy groups -OCH3 is 1. The molecule has 0 unspecified atom stereocenters. The topological polar surface area (TPSA) is 72.4 Å². The molecule has 20 heavy (non-hydrogen) atoms. The lowest BCUT2D eigenvalue weighted by atomic mass is 10.0. The molecule has 6 heteroatoms. The second kappa shape index (κ2) is 5.13. The van der Waals surface area contributed by atoms with Gasteiger partial charge in [-0.3, -0.25) is 9.59 Å². The van der Waals surface area contributed by atoms with Crippen molar-refractivity contribution in [1.82, 2.24) is 14.9 Å². The van der Waals surface area contributed by atoms with E-state index in [1.165, 1.54) is 18.5 Å². The molecule has 0 spiro atoms. The van der Waals surface area contributed by atoms with E-state index >= 15 is 0 Å². The molecule has 1 aromatic heterocycles. The third-order valence-corrected chi connectivity index (χ3v) is 3.69. The summed E-state index contributed by atoms with van der Waals surface area (Å²) in [5, 5.41) is 0. The SMILES string of the molecule is COC[C@@H]1CCCN1C1=CC(=O)c2nccnc2C1=O. The van der Waals surface area contributed by atoms with Crippen molar-refractivity contribution in [1.29, 1.82) is 0 Å². The van der Waals surface area contributed by atoms with Crippen LogP contribution in [0.4, 0.5) is 0 Å². The molecule has 0 amide bonds. The third kappa shape index (κ3) is 2.02. The van der Waals surface area contributed by atoms with E-state index in [2.05, 4.69) is 9.97 Å². The van der Waals surface area contributed by atoms with Crippen LogP contribution in [-0.4, -0.2) is 52.7 Å². The Kier molecular flexibility index (Phi) is 3.31. The van der Waals surface area contributed by atoms with Crippen LogP contribution >= 0.6 is 0 Å². The maximum Gasteiger partial charge on any atom is 0.229 e. The Morgan fingerprint density at radius 3 is 2.80 bits per heavy atom. The van der Waals surface area contributed by atoms with Crippen LogP contribution in [0.15, 0.2) is 24.2 Å². The van der Waals surface area contributed by atoms with Gasteiger partial charge in [0.2, 0.25) is 11.6 Å². The summed E-state index contributed by atoms with van der Waals surface area (Å²) in [7, 11) is 1.64. The molecule has 0 saturated carbocycles. The lowest BCUT2D eigenvalue weighted by Crippen LogP contribution is -2.37. The molecule has 0 radical (unpaired) electrons. The molecule has 1 fully saturated rings. The van der Waals surface area contributed by atoms with Crippen LogP contribution in [-0.2, 0) is 4.74 Å². The summed E-state index contributed by atoms with van der Waals surface area (Å²) in [5.41, 5.74) is 0.712. The van der Waals surface area contributed by atoms with Crippen LogP contribution in [0.3, 0.4) is 0 Å². The quantitative estimate of drug-likeness (QED) is 0.813. The number of hydrogen-bond acceptors (Lipinski definition) is 6. The van der Waals surface area contributed by atoms with Crippen LogP contribution in [0, 0.1) is 0 Å². The molecular formula is C14H15N3O3. The fourth-order valence-corrected chi connectivity index (χ4v) is 2.80. The second-order valence-electron chi connectivity index (χ2n) is 4.92. The number of carbonyl (C=O) groups excluding carboxylic acids is 2. The first-order valence-electron chi connectivity index (χ1n) is 6.59. The first kappa shape index (κ1) is 12.9. The largest absolute Gasteiger partial charge is 0.383 e. The zero-order valence-corrected chi connectivity index (χ0v) is 11.2. The predicted octanol–water partition coefficient (Wildman–Crippen LogP) is 0.850. The molecule has 3 rings (SSSR count). The minimum Gasteiger partial charge on any atom is -0.383 e. The second-order valence-corrected chi connectivity index (χ2v) is 4.92. The van der Waals surface area contributed by atoms with Crippen molar-refractivity contribution in [3.8, 4) is 0 Å². The van der Waals surface area contributed by atoms with E-state index in [1.54, 1.807) is 7.11 Å². The van der Waals surface area contributed by atoms with Crippen LogP contribution < -0.4 is 0 Å². The van der Waals surface area contributed by atoms with E-state index in [-0.39, 0.29) is 29.0 Å². The van der Waals surface area contributed by atoms with Gasteiger partial charge in [0, 0.05) is 32.1 Å². The first-order valence-corrected chi connectivity index (χ1v) is 6.59. The number of hydrogen-bond donors (Lipinski definition) is 0. The molecule has 0 aromatic carbocycles. The number of rotatable bonds is 3. The Bertz CT molecular complexity index is 597. The van der Waals surface area contributed by atoms with Gasteiger partial charge in [0.1, 0.15) is 11.4 Å². The Morgan fingerprint density at radius 2 is 2.05 bits per heavy atom. The monoisotopic (exact) mass is 273 g/mol. The van der Waals surface area contributed by atoms with Crippen molar-refractivity contribution in [3.63, 3.8) is 0 Å².